The second-order valence-electron chi connectivity index (χ2n) is 5.36. The summed E-state index contributed by atoms with van der Waals surface area (Å²) in [5, 5.41) is 30.1. The van der Waals surface area contributed by atoms with Crippen LogP contribution in [0.5, 0.6) is 11.5 Å². The molecule has 114 valence electrons. The van der Waals surface area contributed by atoms with Crippen LogP contribution in [-0.2, 0) is 0 Å². The van der Waals surface area contributed by atoms with Gasteiger partial charge in [0, 0.05) is 0 Å². The highest BCUT2D eigenvalue weighted by atomic mass is 35.5. The zero-order valence-corrected chi connectivity index (χ0v) is 13.1. The maximum Gasteiger partial charge on any atom is 0.143 e. The smallest absolute Gasteiger partial charge is 0.143 e. The molecule has 0 heterocycles. The Balaban J connectivity index is 2.56. The van der Waals surface area contributed by atoms with Crippen molar-refractivity contribution >= 4 is 11.6 Å². The van der Waals surface area contributed by atoms with E-state index in [1.807, 2.05) is 0 Å². The van der Waals surface area contributed by atoms with Crippen LogP contribution in [0.25, 0.3) is 0 Å². The molecule has 0 spiro atoms. The summed E-state index contributed by atoms with van der Waals surface area (Å²) in [6.45, 7) is 3.88. The van der Waals surface area contributed by atoms with E-state index in [2.05, 4.69) is 6.92 Å². The lowest BCUT2D eigenvalue weighted by molar-refractivity contribution is 0.156. The molecule has 1 rings (SSSR count). The highest BCUT2D eigenvalue weighted by molar-refractivity contribution is 6.33. The maximum atomic E-state index is 10.1. The summed E-state index contributed by atoms with van der Waals surface area (Å²) in [4.78, 5) is 0. The first-order chi connectivity index (χ1) is 9.49. The third-order valence-corrected chi connectivity index (χ3v) is 4.08. The first-order valence-electron chi connectivity index (χ1n) is 7.38. The molecule has 20 heavy (non-hydrogen) atoms. The number of halogens is 1. The first kappa shape index (κ1) is 17.1. The van der Waals surface area contributed by atoms with Gasteiger partial charge in [0.05, 0.1) is 16.7 Å². The van der Waals surface area contributed by atoms with Crippen LogP contribution >= 0.6 is 11.6 Å². The molecule has 0 radical (unpaired) electrons. The van der Waals surface area contributed by atoms with Gasteiger partial charge in [-0.15, -0.1) is 0 Å². The van der Waals surface area contributed by atoms with Crippen molar-refractivity contribution in [1.82, 2.24) is 0 Å². The molecule has 0 bridgehead atoms. The molecule has 0 saturated heterocycles. The number of aliphatic hydroxyl groups is 1. The van der Waals surface area contributed by atoms with Crippen LogP contribution in [0.15, 0.2) is 6.07 Å². The Kier molecular flexibility index (Phi) is 7.17. The van der Waals surface area contributed by atoms with E-state index in [-0.39, 0.29) is 22.1 Å². The number of aromatic hydroxyl groups is 2. The fourth-order valence-corrected chi connectivity index (χ4v) is 2.52. The SMILES string of the molecule is CCCCCCCCC(O)c1c(O)cc(C)c(Cl)c1O. The normalized spacial score (nSPS) is 12.6. The Hall–Kier alpha value is -0.930. The Morgan fingerprint density at radius 3 is 2.35 bits per heavy atom. The fourth-order valence-electron chi connectivity index (χ4n) is 2.36. The van der Waals surface area contributed by atoms with E-state index in [9.17, 15) is 15.3 Å². The first-order valence-corrected chi connectivity index (χ1v) is 7.75. The van der Waals surface area contributed by atoms with Crippen molar-refractivity contribution < 1.29 is 15.3 Å². The van der Waals surface area contributed by atoms with E-state index >= 15 is 0 Å². The van der Waals surface area contributed by atoms with Crippen molar-refractivity contribution in [3.63, 3.8) is 0 Å². The molecule has 4 heteroatoms. The lowest BCUT2D eigenvalue weighted by Gasteiger charge is -2.16. The molecule has 0 amide bonds. The van der Waals surface area contributed by atoms with Gasteiger partial charge >= 0.3 is 0 Å². The quantitative estimate of drug-likeness (QED) is 0.602. The van der Waals surface area contributed by atoms with Crippen LogP contribution in [0.3, 0.4) is 0 Å². The van der Waals surface area contributed by atoms with Gasteiger partial charge in [0.2, 0.25) is 0 Å². The van der Waals surface area contributed by atoms with Gasteiger partial charge in [0.1, 0.15) is 11.5 Å². The van der Waals surface area contributed by atoms with Crippen molar-refractivity contribution in [3.8, 4) is 11.5 Å². The zero-order chi connectivity index (χ0) is 15.1. The number of hydrogen-bond donors (Lipinski definition) is 3. The molecular weight excluding hydrogens is 276 g/mol. The minimum atomic E-state index is -0.876. The molecule has 1 unspecified atom stereocenters. The van der Waals surface area contributed by atoms with Gasteiger partial charge in [-0.2, -0.15) is 0 Å². The molecule has 1 aromatic rings. The summed E-state index contributed by atoms with van der Waals surface area (Å²) >= 11 is 5.95. The average Bonchev–Trinajstić information content (AvgIpc) is 2.40. The van der Waals surface area contributed by atoms with Gasteiger partial charge in [0.25, 0.3) is 0 Å². The molecule has 3 N–H and O–H groups in total. The Morgan fingerprint density at radius 2 is 1.70 bits per heavy atom. The number of phenols is 2. The molecular formula is C16H25ClO3. The Labute approximate surface area is 126 Å². The van der Waals surface area contributed by atoms with Crippen molar-refractivity contribution in [2.45, 2.75) is 64.9 Å². The average molecular weight is 301 g/mol. The van der Waals surface area contributed by atoms with Crippen molar-refractivity contribution in [1.29, 1.82) is 0 Å². The lowest BCUT2D eigenvalue weighted by Crippen LogP contribution is -2.00. The van der Waals surface area contributed by atoms with Crippen LogP contribution < -0.4 is 0 Å². The molecule has 0 aromatic heterocycles. The summed E-state index contributed by atoms with van der Waals surface area (Å²) < 4.78 is 0. The fraction of sp³-hybridized carbons (Fsp3) is 0.625. The van der Waals surface area contributed by atoms with E-state index in [1.54, 1.807) is 6.92 Å². The standard InChI is InChI=1S/C16H25ClO3/c1-3-4-5-6-7-8-9-12(18)14-13(19)10-11(2)15(17)16(14)20/h10,12,18-20H,3-9H2,1-2H3. The largest absolute Gasteiger partial charge is 0.507 e. The van der Waals surface area contributed by atoms with E-state index < -0.39 is 6.10 Å². The third kappa shape index (κ3) is 4.57. The van der Waals surface area contributed by atoms with Crippen LogP contribution in [0, 0.1) is 6.92 Å². The van der Waals surface area contributed by atoms with Gasteiger partial charge in [0.15, 0.2) is 0 Å². The molecule has 0 fully saturated rings. The predicted octanol–water partition coefficient (Wildman–Crippen LogP) is 4.84. The second-order valence-corrected chi connectivity index (χ2v) is 5.74. The van der Waals surface area contributed by atoms with E-state index in [1.165, 1.54) is 25.3 Å². The monoisotopic (exact) mass is 300 g/mol. The Bertz CT molecular complexity index is 432. The highest BCUT2D eigenvalue weighted by Crippen LogP contribution is 2.41. The van der Waals surface area contributed by atoms with Gasteiger partial charge < -0.3 is 15.3 Å². The van der Waals surface area contributed by atoms with E-state index in [4.69, 9.17) is 11.6 Å². The van der Waals surface area contributed by atoms with Gasteiger partial charge in [-0.25, -0.2) is 0 Å². The molecule has 1 atom stereocenters. The number of hydrogen-bond acceptors (Lipinski definition) is 3. The van der Waals surface area contributed by atoms with Crippen molar-refractivity contribution in [3.05, 3.63) is 22.2 Å². The molecule has 0 aliphatic carbocycles. The minimum absolute atomic E-state index is 0.0946. The third-order valence-electron chi connectivity index (χ3n) is 3.60. The topological polar surface area (TPSA) is 60.7 Å². The number of benzene rings is 1. The van der Waals surface area contributed by atoms with E-state index in [0.29, 0.717) is 12.0 Å². The van der Waals surface area contributed by atoms with Crippen molar-refractivity contribution in [2.24, 2.45) is 0 Å². The number of aryl methyl sites for hydroxylation is 1. The zero-order valence-electron chi connectivity index (χ0n) is 12.3. The molecule has 0 saturated carbocycles. The van der Waals surface area contributed by atoms with Crippen molar-refractivity contribution in [2.75, 3.05) is 0 Å². The van der Waals surface area contributed by atoms with E-state index in [0.717, 1.165) is 19.3 Å². The van der Waals surface area contributed by atoms with Crippen LogP contribution in [0.2, 0.25) is 5.02 Å². The second kappa shape index (κ2) is 8.38. The van der Waals surface area contributed by atoms with Crippen LogP contribution in [0.1, 0.15) is 69.1 Å². The summed E-state index contributed by atoms with van der Waals surface area (Å²) in [5.41, 5.74) is 0.742. The molecule has 0 aliphatic rings. The minimum Gasteiger partial charge on any atom is -0.507 e. The van der Waals surface area contributed by atoms with Gasteiger partial charge in [-0.05, 0) is 25.0 Å². The highest BCUT2D eigenvalue weighted by Gasteiger charge is 2.20. The van der Waals surface area contributed by atoms with Crippen LogP contribution in [-0.4, -0.2) is 15.3 Å². The molecule has 1 aromatic carbocycles. The van der Waals surface area contributed by atoms with Gasteiger partial charge in [-0.3, -0.25) is 0 Å². The summed E-state index contributed by atoms with van der Waals surface area (Å²) in [7, 11) is 0. The number of aliphatic hydroxyl groups excluding tert-OH is 1. The summed E-state index contributed by atoms with van der Waals surface area (Å²) in [6.07, 6.45) is 6.41. The summed E-state index contributed by atoms with van der Waals surface area (Å²) in [5.74, 6) is -0.300. The number of rotatable bonds is 8. The Morgan fingerprint density at radius 1 is 1.10 bits per heavy atom. The number of unbranched alkanes of at least 4 members (excludes halogenated alkanes) is 5. The maximum absolute atomic E-state index is 10.1. The molecule has 3 nitrogen and oxygen atoms in total. The summed E-state index contributed by atoms with van der Waals surface area (Å²) in [6, 6.07) is 1.47. The predicted molar refractivity (Wildman–Crippen MR) is 82.5 cm³/mol. The molecule has 0 aliphatic heterocycles. The van der Waals surface area contributed by atoms with Crippen LogP contribution in [0.4, 0.5) is 0 Å². The lowest BCUT2D eigenvalue weighted by atomic mass is 9.99. The number of phenolic OH excluding ortho intramolecular Hbond substituents is 2. The van der Waals surface area contributed by atoms with Gasteiger partial charge in [-0.1, -0.05) is 57.0 Å².